The van der Waals surface area contributed by atoms with E-state index in [1.807, 2.05) is 0 Å². The van der Waals surface area contributed by atoms with E-state index in [4.69, 9.17) is 10.2 Å². The van der Waals surface area contributed by atoms with Crippen molar-refractivity contribution in [2.75, 3.05) is 13.2 Å². The molecule has 1 saturated carbocycles. The Hall–Kier alpha value is -0.340. The van der Waals surface area contributed by atoms with Crippen molar-refractivity contribution < 1.29 is 10.2 Å². The molecule has 0 heterocycles. The third kappa shape index (κ3) is 3.88. The highest BCUT2D eigenvalue weighted by Crippen LogP contribution is 2.27. The van der Waals surface area contributed by atoms with Crippen LogP contribution in [0.15, 0.2) is 13.2 Å². The number of aliphatic hydroxyl groups excluding tert-OH is 2. The van der Waals surface area contributed by atoms with Crippen LogP contribution in [-0.2, 0) is 0 Å². The molecule has 1 aliphatic carbocycles. The molecular weight excluding hydrogens is 152 g/mol. The van der Waals surface area contributed by atoms with Crippen LogP contribution >= 0.6 is 0 Å². The average Bonchev–Trinajstić information content (AvgIpc) is 2.21. The van der Waals surface area contributed by atoms with Gasteiger partial charge in [-0.3, -0.25) is 0 Å². The van der Waals surface area contributed by atoms with Gasteiger partial charge in [0.25, 0.3) is 0 Å². The molecule has 1 aliphatic rings. The lowest BCUT2D eigenvalue weighted by atomic mass is 9.83. The Morgan fingerprint density at radius 3 is 1.25 bits per heavy atom. The molecule has 2 heteroatoms. The summed E-state index contributed by atoms with van der Waals surface area (Å²) in [5.41, 5.74) is 0. The van der Waals surface area contributed by atoms with Gasteiger partial charge in [0.2, 0.25) is 0 Å². The van der Waals surface area contributed by atoms with E-state index in [0.29, 0.717) is 25.0 Å². The van der Waals surface area contributed by atoms with E-state index in [0.717, 1.165) is 25.7 Å². The zero-order valence-corrected chi connectivity index (χ0v) is 7.71. The highest BCUT2D eigenvalue weighted by Gasteiger charge is 2.19. The first kappa shape index (κ1) is 11.7. The predicted molar refractivity (Wildman–Crippen MR) is 50.9 cm³/mol. The zero-order chi connectivity index (χ0) is 9.40. The van der Waals surface area contributed by atoms with Crippen LogP contribution in [0.25, 0.3) is 0 Å². The maximum Gasteiger partial charge on any atom is 0.0459 e. The van der Waals surface area contributed by atoms with Gasteiger partial charge < -0.3 is 10.2 Å². The Bertz CT molecular complexity index is 84.0. The maximum atomic E-state index is 8.79. The van der Waals surface area contributed by atoms with Crippen LogP contribution in [0.1, 0.15) is 25.7 Å². The highest BCUT2D eigenvalue weighted by molar-refractivity contribution is 4.70. The van der Waals surface area contributed by atoms with Gasteiger partial charge in [0, 0.05) is 13.2 Å². The van der Waals surface area contributed by atoms with E-state index in [1.54, 1.807) is 0 Å². The Morgan fingerprint density at radius 2 is 1.08 bits per heavy atom. The highest BCUT2D eigenvalue weighted by atomic mass is 16.3. The Kier molecular flexibility index (Phi) is 7.11. The molecule has 1 fully saturated rings. The summed E-state index contributed by atoms with van der Waals surface area (Å²) in [6.45, 7) is 6.66. The molecular formula is C10H20O2. The van der Waals surface area contributed by atoms with Crippen molar-refractivity contribution in [2.45, 2.75) is 25.7 Å². The molecule has 1 rings (SSSR count). The van der Waals surface area contributed by atoms with Gasteiger partial charge in [-0.25, -0.2) is 0 Å². The quantitative estimate of drug-likeness (QED) is 0.621. The van der Waals surface area contributed by atoms with Crippen molar-refractivity contribution in [1.29, 1.82) is 0 Å². The van der Waals surface area contributed by atoms with Crippen molar-refractivity contribution in [3.63, 3.8) is 0 Å². The monoisotopic (exact) mass is 172 g/mol. The summed E-state index contributed by atoms with van der Waals surface area (Å²) in [4.78, 5) is 0. The molecule has 0 radical (unpaired) electrons. The lowest BCUT2D eigenvalue weighted by Gasteiger charge is -2.25. The second-order valence-corrected chi connectivity index (χ2v) is 3.25. The second-order valence-electron chi connectivity index (χ2n) is 3.25. The van der Waals surface area contributed by atoms with Gasteiger partial charge in [-0.2, -0.15) is 0 Å². The maximum absolute atomic E-state index is 8.79. The molecule has 2 N–H and O–H groups in total. The molecule has 0 saturated heterocycles. The number of hydrogen-bond donors (Lipinski definition) is 2. The third-order valence-electron chi connectivity index (χ3n) is 2.48. The summed E-state index contributed by atoms with van der Waals surface area (Å²) >= 11 is 0. The lowest BCUT2D eigenvalue weighted by molar-refractivity contribution is 0.131. The van der Waals surface area contributed by atoms with E-state index in [2.05, 4.69) is 13.2 Å². The smallest absolute Gasteiger partial charge is 0.0459 e. The molecule has 0 spiro atoms. The molecule has 2 nitrogen and oxygen atoms in total. The normalized spacial score (nSPS) is 28.8. The first-order valence-electron chi connectivity index (χ1n) is 4.58. The van der Waals surface area contributed by atoms with Crippen molar-refractivity contribution in [1.82, 2.24) is 0 Å². The van der Waals surface area contributed by atoms with Crippen LogP contribution in [0.3, 0.4) is 0 Å². The molecule has 0 bridgehead atoms. The number of aliphatic hydroxyl groups is 2. The van der Waals surface area contributed by atoms with E-state index >= 15 is 0 Å². The summed E-state index contributed by atoms with van der Waals surface area (Å²) in [5, 5.41) is 17.6. The number of hydrogen-bond acceptors (Lipinski definition) is 2. The van der Waals surface area contributed by atoms with Gasteiger partial charge in [-0.15, -0.1) is 13.2 Å². The Balaban J connectivity index is 0.000000561. The first-order valence-corrected chi connectivity index (χ1v) is 4.58. The summed E-state index contributed by atoms with van der Waals surface area (Å²) in [6, 6.07) is 0. The van der Waals surface area contributed by atoms with Gasteiger partial charge in [0.15, 0.2) is 0 Å². The molecule has 72 valence electrons. The standard InChI is InChI=1S/C8H16O2.C2H4/c9-5-7-1-2-8(6-10)4-3-7;1-2/h7-10H,1-6H2;1-2H2. The molecule has 0 aromatic rings. The van der Waals surface area contributed by atoms with Crippen LogP contribution in [-0.4, -0.2) is 23.4 Å². The van der Waals surface area contributed by atoms with Gasteiger partial charge in [0.05, 0.1) is 0 Å². The summed E-state index contributed by atoms with van der Waals surface area (Å²) < 4.78 is 0. The first-order chi connectivity index (χ1) is 5.86. The largest absolute Gasteiger partial charge is 0.396 e. The zero-order valence-electron chi connectivity index (χ0n) is 7.71. The molecule has 0 amide bonds. The molecule has 12 heavy (non-hydrogen) atoms. The van der Waals surface area contributed by atoms with Crippen molar-refractivity contribution in [3.8, 4) is 0 Å². The molecule has 0 aromatic carbocycles. The fraction of sp³-hybridized carbons (Fsp3) is 0.800. The average molecular weight is 172 g/mol. The summed E-state index contributed by atoms with van der Waals surface area (Å²) in [5.74, 6) is 1.03. The van der Waals surface area contributed by atoms with Crippen molar-refractivity contribution in [2.24, 2.45) is 11.8 Å². The lowest BCUT2D eigenvalue weighted by Crippen LogP contribution is -2.19. The molecule has 0 aromatic heterocycles. The van der Waals surface area contributed by atoms with Crippen LogP contribution in [0.4, 0.5) is 0 Å². The van der Waals surface area contributed by atoms with E-state index < -0.39 is 0 Å². The minimum atomic E-state index is 0.331. The minimum absolute atomic E-state index is 0.331. The summed E-state index contributed by atoms with van der Waals surface area (Å²) in [6.07, 6.45) is 4.40. The van der Waals surface area contributed by atoms with E-state index in [-0.39, 0.29) is 0 Å². The SMILES string of the molecule is C=C.OCC1CCC(CO)CC1. The number of rotatable bonds is 2. The Labute approximate surface area is 74.9 Å². The van der Waals surface area contributed by atoms with Crippen LogP contribution < -0.4 is 0 Å². The van der Waals surface area contributed by atoms with Crippen LogP contribution in [0.2, 0.25) is 0 Å². The van der Waals surface area contributed by atoms with E-state index in [9.17, 15) is 0 Å². The molecule has 0 aliphatic heterocycles. The Morgan fingerprint density at radius 1 is 0.833 bits per heavy atom. The van der Waals surface area contributed by atoms with Crippen LogP contribution in [0, 0.1) is 11.8 Å². The molecule has 0 atom stereocenters. The molecule has 0 unspecified atom stereocenters. The predicted octanol–water partition coefficient (Wildman–Crippen LogP) is 1.58. The van der Waals surface area contributed by atoms with Gasteiger partial charge in [0.1, 0.15) is 0 Å². The second kappa shape index (κ2) is 7.32. The summed E-state index contributed by atoms with van der Waals surface area (Å²) in [7, 11) is 0. The third-order valence-corrected chi connectivity index (χ3v) is 2.48. The van der Waals surface area contributed by atoms with Gasteiger partial charge >= 0.3 is 0 Å². The fourth-order valence-electron chi connectivity index (χ4n) is 1.60. The fourth-order valence-corrected chi connectivity index (χ4v) is 1.60. The van der Waals surface area contributed by atoms with Gasteiger partial charge in [-0.05, 0) is 37.5 Å². The minimum Gasteiger partial charge on any atom is -0.396 e. The van der Waals surface area contributed by atoms with Crippen molar-refractivity contribution in [3.05, 3.63) is 13.2 Å². The topological polar surface area (TPSA) is 40.5 Å². The van der Waals surface area contributed by atoms with Gasteiger partial charge in [-0.1, -0.05) is 0 Å². The van der Waals surface area contributed by atoms with Crippen LogP contribution in [0.5, 0.6) is 0 Å². The van der Waals surface area contributed by atoms with E-state index in [1.165, 1.54) is 0 Å². The van der Waals surface area contributed by atoms with Crippen molar-refractivity contribution >= 4 is 0 Å².